The van der Waals surface area contributed by atoms with Crippen molar-refractivity contribution >= 4 is 55.4 Å². The molecule has 0 saturated heterocycles. The first kappa shape index (κ1) is 18.7. The topological polar surface area (TPSA) is 9.23 Å². The van der Waals surface area contributed by atoms with Crippen LogP contribution in [0.2, 0.25) is 0 Å². The Morgan fingerprint density at radius 1 is 0.577 bits per heavy atom. The van der Waals surface area contributed by atoms with Crippen LogP contribution in [0.15, 0.2) is 91.6 Å². The second kappa shape index (κ2) is 9.02. The van der Waals surface area contributed by atoms with Gasteiger partial charge in [-0.3, -0.25) is 0 Å². The standard InChI is InChI=1S/C20H20OS4Si/c1-9-22-10-2-17(1)21-26(18-3-11-23-12-4-18,19-5-13-24-14-6-19)20-7-15-25-16-8-20/h1-9,11,13,15H,10,12,14,16H2. The highest BCUT2D eigenvalue weighted by atomic mass is 32.2. The first-order valence-electron chi connectivity index (χ1n) is 8.53. The summed E-state index contributed by atoms with van der Waals surface area (Å²) in [6, 6.07) is 0. The molecule has 4 rings (SSSR count). The summed E-state index contributed by atoms with van der Waals surface area (Å²) in [5.41, 5.74) is 0. The van der Waals surface area contributed by atoms with E-state index < -0.39 is 8.32 Å². The molecule has 1 nitrogen and oxygen atoms in total. The van der Waals surface area contributed by atoms with E-state index in [-0.39, 0.29) is 0 Å². The number of allylic oxidation sites excluding steroid dienone is 7. The molecule has 4 heterocycles. The molecule has 0 saturated carbocycles. The third-order valence-corrected chi connectivity index (χ3v) is 11.3. The highest BCUT2D eigenvalue weighted by Crippen LogP contribution is 2.41. The van der Waals surface area contributed by atoms with Gasteiger partial charge < -0.3 is 4.43 Å². The van der Waals surface area contributed by atoms with Gasteiger partial charge in [-0.25, -0.2) is 0 Å². The van der Waals surface area contributed by atoms with Gasteiger partial charge in [0.2, 0.25) is 0 Å². The number of hydrogen-bond acceptors (Lipinski definition) is 5. The molecule has 0 radical (unpaired) electrons. The van der Waals surface area contributed by atoms with Crippen LogP contribution >= 0.6 is 47.0 Å². The lowest BCUT2D eigenvalue weighted by molar-refractivity contribution is 0.447. The van der Waals surface area contributed by atoms with E-state index in [1.165, 1.54) is 15.6 Å². The van der Waals surface area contributed by atoms with Crippen LogP contribution in [-0.2, 0) is 4.43 Å². The Labute approximate surface area is 173 Å². The quantitative estimate of drug-likeness (QED) is 0.472. The molecule has 4 aliphatic heterocycles. The van der Waals surface area contributed by atoms with E-state index in [1.54, 1.807) is 0 Å². The monoisotopic (exact) mass is 432 g/mol. The second-order valence-electron chi connectivity index (χ2n) is 5.91. The Morgan fingerprint density at radius 2 is 1.00 bits per heavy atom. The molecule has 0 aliphatic carbocycles. The Kier molecular flexibility index (Phi) is 6.48. The lowest BCUT2D eigenvalue weighted by Gasteiger charge is -2.38. The lowest BCUT2D eigenvalue weighted by Crippen LogP contribution is -2.46. The third-order valence-electron chi connectivity index (χ3n) is 4.43. The molecule has 0 atom stereocenters. The summed E-state index contributed by atoms with van der Waals surface area (Å²) in [6.07, 6.45) is 18.3. The minimum Gasteiger partial charge on any atom is -0.531 e. The van der Waals surface area contributed by atoms with Crippen molar-refractivity contribution in [3.63, 3.8) is 0 Å². The van der Waals surface area contributed by atoms with Gasteiger partial charge in [0.25, 0.3) is 0 Å². The fraction of sp³-hybridized carbons (Fsp3) is 0.200. The van der Waals surface area contributed by atoms with E-state index in [4.69, 9.17) is 4.43 Å². The van der Waals surface area contributed by atoms with Gasteiger partial charge in [-0.2, -0.15) is 0 Å². The van der Waals surface area contributed by atoms with Crippen LogP contribution in [0.25, 0.3) is 0 Å². The molecule has 0 aromatic carbocycles. The summed E-state index contributed by atoms with van der Waals surface area (Å²) in [5, 5.41) is 12.9. The number of thioether (sulfide) groups is 4. The van der Waals surface area contributed by atoms with Gasteiger partial charge in [-0.15, -0.1) is 47.0 Å². The second-order valence-corrected chi connectivity index (χ2v) is 13.0. The normalized spacial score (nSPS) is 22.5. The van der Waals surface area contributed by atoms with Gasteiger partial charge in [0, 0.05) is 23.0 Å². The van der Waals surface area contributed by atoms with E-state index >= 15 is 0 Å². The van der Waals surface area contributed by atoms with E-state index in [0.717, 1.165) is 28.8 Å². The molecule has 0 fully saturated rings. The molecule has 0 amide bonds. The largest absolute Gasteiger partial charge is 0.531 e. The first-order valence-corrected chi connectivity index (χ1v) is 14.6. The van der Waals surface area contributed by atoms with Crippen molar-refractivity contribution in [2.24, 2.45) is 0 Å². The van der Waals surface area contributed by atoms with Crippen molar-refractivity contribution in [2.75, 3.05) is 23.0 Å². The van der Waals surface area contributed by atoms with Gasteiger partial charge in [-0.05, 0) is 49.4 Å². The van der Waals surface area contributed by atoms with Crippen LogP contribution in [0.4, 0.5) is 0 Å². The molecular formula is C20H20OS4Si. The van der Waals surface area contributed by atoms with Crippen LogP contribution < -0.4 is 0 Å². The molecule has 0 spiro atoms. The maximum atomic E-state index is 7.01. The predicted octanol–water partition coefficient (Wildman–Crippen LogP) is 6.27. The Bertz CT molecular complexity index is 720. The fourth-order valence-corrected chi connectivity index (χ4v) is 10.5. The van der Waals surface area contributed by atoms with Gasteiger partial charge >= 0.3 is 8.32 Å². The van der Waals surface area contributed by atoms with E-state index in [0.29, 0.717) is 0 Å². The molecule has 0 bridgehead atoms. The smallest absolute Gasteiger partial charge is 0.346 e. The molecule has 0 aromatic rings. The summed E-state index contributed by atoms with van der Waals surface area (Å²) in [5.74, 6) is 5.06. The molecule has 134 valence electrons. The summed E-state index contributed by atoms with van der Waals surface area (Å²) >= 11 is 7.36. The average Bonchev–Trinajstić information content (AvgIpc) is 2.75. The van der Waals surface area contributed by atoms with Gasteiger partial charge in [-0.1, -0.05) is 36.5 Å². The van der Waals surface area contributed by atoms with Crippen molar-refractivity contribution in [1.29, 1.82) is 0 Å². The highest BCUT2D eigenvalue weighted by Gasteiger charge is 2.47. The van der Waals surface area contributed by atoms with E-state index in [2.05, 4.69) is 70.2 Å². The van der Waals surface area contributed by atoms with Crippen LogP contribution in [0.3, 0.4) is 0 Å². The van der Waals surface area contributed by atoms with Crippen LogP contribution in [-0.4, -0.2) is 31.3 Å². The highest BCUT2D eigenvalue weighted by molar-refractivity contribution is 8.03. The van der Waals surface area contributed by atoms with Crippen molar-refractivity contribution < 1.29 is 4.43 Å². The Hall–Kier alpha value is -0.663. The summed E-state index contributed by atoms with van der Waals surface area (Å²) in [6.45, 7) is 0. The maximum absolute atomic E-state index is 7.01. The molecule has 26 heavy (non-hydrogen) atoms. The molecule has 6 heteroatoms. The first-order chi connectivity index (χ1) is 12.9. The molecule has 0 aromatic heterocycles. The zero-order valence-corrected chi connectivity index (χ0v) is 18.6. The zero-order chi connectivity index (χ0) is 17.7. The molecule has 0 unspecified atom stereocenters. The van der Waals surface area contributed by atoms with Gasteiger partial charge in [0.15, 0.2) is 0 Å². The third kappa shape index (κ3) is 3.94. The molecule has 0 N–H and O–H groups in total. The van der Waals surface area contributed by atoms with E-state index in [9.17, 15) is 0 Å². The Balaban J connectivity index is 1.86. The van der Waals surface area contributed by atoms with Gasteiger partial charge in [0.05, 0.1) is 0 Å². The maximum Gasteiger partial charge on any atom is 0.346 e. The van der Waals surface area contributed by atoms with Crippen molar-refractivity contribution in [3.05, 3.63) is 91.6 Å². The molecular weight excluding hydrogens is 413 g/mol. The lowest BCUT2D eigenvalue weighted by atomic mass is 10.4. The van der Waals surface area contributed by atoms with Gasteiger partial charge in [0.1, 0.15) is 5.76 Å². The minimum atomic E-state index is -2.53. The van der Waals surface area contributed by atoms with Crippen LogP contribution in [0, 0.1) is 0 Å². The summed E-state index contributed by atoms with van der Waals surface area (Å²) in [7, 11) is -2.53. The fourth-order valence-electron chi connectivity index (χ4n) is 3.23. The van der Waals surface area contributed by atoms with Crippen molar-refractivity contribution in [3.8, 4) is 0 Å². The molecule has 4 aliphatic rings. The summed E-state index contributed by atoms with van der Waals surface area (Å²) in [4.78, 5) is 0. The summed E-state index contributed by atoms with van der Waals surface area (Å²) < 4.78 is 7.01. The van der Waals surface area contributed by atoms with Crippen molar-refractivity contribution in [1.82, 2.24) is 0 Å². The Morgan fingerprint density at radius 3 is 1.35 bits per heavy atom. The minimum absolute atomic E-state index is 0.983. The SMILES string of the molecule is C1=CC(O[Si](C2=CCSC=C2)(C2=CCSC=C2)C2=CCSC=C2)=CCS1. The average molecular weight is 433 g/mol. The van der Waals surface area contributed by atoms with E-state index in [1.807, 2.05) is 47.0 Å². The number of rotatable bonds is 5. The van der Waals surface area contributed by atoms with Crippen molar-refractivity contribution in [2.45, 2.75) is 0 Å². The zero-order valence-electron chi connectivity index (χ0n) is 14.3. The number of hydrogen-bond donors (Lipinski definition) is 0. The predicted molar refractivity (Wildman–Crippen MR) is 126 cm³/mol. The van der Waals surface area contributed by atoms with Crippen LogP contribution in [0.1, 0.15) is 0 Å². The van der Waals surface area contributed by atoms with Crippen LogP contribution in [0.5, 0.6) is 0 Å².